The Morgan fingerprint density at radius 1 is 1.26 bits per heavy atom. The monoisotopic (exact) mass is 259 g/mol. The van der Waals surface area contributed by atoms with Crippen molar-refractivity contribution in [2.45, 2.75) is 19.4 Å². The van der Waals surface area contributed by atoms with Gasteiger partial charge in [0.1, 0.15) is 11.9 Å². The van der Waals surface area contributed by atoms with Gasteiger partial charge in [0.05, 0.1) is 19.2 Å². The number of hydrogen-bond acceptors (Lipinski definition) is 3. The topological polar surface area (TPSA) is 51.3 Å². The zero-order valence-corrected chi connectivity index (χ0v) is 11.1. The molecular weight excluding hydrogens is 242 g/mol. The summed E-state index contributed by atoms with van der Waals surface area (Å²) in [5, 5.41) is 0. The first-order chi connectivity index (χ1) is 9.19. The highest BCUT2D eigenvalue weighted by molar-refractivity contribution is 5.72. The van der Waals surface area contributed by atoms with Crippen molar-refractivity contribution in [1.82, 2.24) is 4.98 Å². The van der Waals surface area contributed by atoms with E-state index in [0.29, 0.717) is 0 Å². The molecule has 1 atom stereocenters. The number of aromatic nitrogens is 1. The molecular formula is C15H17NO3. The third-order valence-corrected chi connectivity index (χ3v) is 2.87. The molecule has 4 heteroatoms. The van der Waals surface area contributed by atoms with Crippen LogP contribution < -0.4 is 4.74 Å². The first-order valence-corrected chi connectivity index (χ1v) is 6.14. The van der Waals surface area contributed by atoms with Crippen LogP contribution in [0.3, 0.4) is 0 Å². The molecule has 0 amide bonds. The number of methoxy groups -OCH3 is 1. The first-order valence-electron chi connectivity index (χ1n) is 6.14. The van der Waals surface area contributed by atoms with Crippen LogP contribution in [0.2, 0.25) is 0 Å². The fourth-order valence-electron chi connectivity index (χ4n) is 1.79. The lowest BCUT2D eigenvalue weighted by Gasteiger charge is -2.13. The molecule has 0 aliphatic carbocycles. The molecule has 0 aliphatic rings. The van der Waals surface area contributed by atoms with Crippen molar-refractivity contribution in [1.29, 1.82) is 0 Å². The van der Waals surface area contributed by atoms with Gasteiger partial charge in [-0.1, -0.05) is 12.1 Å². The molecule has 19 heavy (non-hydrogen) atoms. The summed E-state index contributed by atoms with van der Waals surface area (Å²) in [6.07, 6.45) is 2.11. The van der Waals surface area contributed by atoms with Crippen molar-refractivity contribution >= 4 is 5.97 Å². The molecule has 0 saturated carbocycles. The van der Waals surface area contributed by atoms with E-state index < -0.39 is 0 Å². The molecule has 0 aliphatic heterocycles. The van der Waals surface area contributed by atoms with Crippen LogP contribution in [0.15, 0.2) is 42.6 Å². The van der Waals surface area contributed by atoms with Crippen LogP contribution in [0.25, 0.3) is 0 Å². The molecule has 1 heterocycles. The first kappa shape index (κ1) is 13.2. The molecule has 0 fully saturated rings. The Bertz CT molecular complexity index is 517. The molecule has 0 bridgehead atoms. The van der Waals surface area contributed by atoms with E-state index in [1.54, 1.807) is 0 Å². The van der Waals surface area contributed by atoms with Crippen molar-refractivity contribution < 1.29 is 14.3 Å². The van der Waals surface area contributed by atoms with Crippen LogP contribution in [0.4, 0.5) is 0 Å². The van der Waals surface area contributed by atoms with Gasteiger partial charge in [0.2, 0.25) is 0 Å². The van der Waals surface area contributed by atoms with E-state index in [1.807, 2.05) is 49.5 Å². The molecule has 0 saturated heterocycles. The van der Waals surface area contributed by atoms with Gasteiger partial charge in [-0.25, -0.2) is 0 Å². The number of carbonyl (C=O) groups excluding carboxylic acids is 1. The van der Waals surface area contributed by atoms with Gasteiger partial charge in [0, 0.05) is 6.20 Å². The maximum absolute atomic E-state index is 11.1. The number of rotatable bonds is 5. The summed E-state index contributed by atoms with van der Waals surface area (Å²) < 4.78 is 10.4. The molecule has 2 rings (SSSR count). The summed E-state index contributed by atoms with van der Waals surface area (Å²) in [5.74, 6) is 0.532. The minimum Gasteiger partial charge on any atom is -0.485 e. The van der Waals surface area contributed by atoms with Crippen LogP contribution in [-0.4, -0.2) is 18.1 Å². The predicted octanol–water partition coefficient (Wildman–Crippen LogP) is 2.87. The molecule has 1 aromatic carbocycles. The summed E-state index contributed by atoms with van der Waals surface area (Å²) in [6, 6.07) is 11.4. The molecule has 0 spiro atoms. The Morgan fingerprint density at radius 3 is 2.58 bits per heavy atom. The third kappa shape index (κ3) is 3.61. The maximum Gasteiger partial charge on any atom is 0.309 e. The number of H-pyrrole nitrogens is 1. The average molecular weight is 259 g/mol. The van der Waals surface area contributed by atoms with Gasteiger partial charge < -0.3 is 14.5 Å². The predicted molar refractivity (Wildman–Crippen MR) is 72.0 cm³/mol. The number of carbonyl (C=O) groups is 1. The van der Waals surface area contributed by atoms with E-state index in [-0.39, 0.29) is 18.5 Å². The zero-order chi connectivity index (χ0) is 13.7. The molecule has 4 nitrogen and oxygen atoms in total. The standard InChI is InChI=1S/C15H17NO3/c1-11(14-4-3-9-16-14)19-13-7-5-12(6-8-13)10-15(17)18-2/h3-9,11,16H,10H2,1-2H3. The number of benzene rings is 1. The van der Waals surface area contributed by atoms with Gasteiger partial charge in [0.25, 0.3) is 0 Å². The fourth-order valence-corrected chi connectivity index (χ4v) is 1.79. The van der Waals surface area contributed by atoms with E-state index in [0.717, 1.165) is 17.0 Å². The normalized spacial score (nSPS) is 11.9. The molecule has 1 unspecified atom stereocenters. The molecule has 1 N–H and O–H groups in total. The molecule has 2 aromatic rings. The van der Waals surface area contributed by atoms with Crippen LogP contribution in [0.5, 0.6) is 5.75 Å². The number of ether oxygens (including phenoxy) is 2. The quantitative estimate of drug-likeness (QED) is 0.840. The summed E-state index contributed by atoms with van der Waals surface area (Å²) in [5.41, 5.74) is 1.94. The Labute approximate surface area is 112 Å². The Morgan fingerprint density at radius 2 is 2.00 bits per heavy atom. The Kier molecular flexibility index (Phi) is 4.23. The SMILES string of the molecule is COC(=O)Cc1ccc(OC(C)c2ccc[nH]2)cc1. The van der Waals surface area contributed by atoms with Crippen molar-refractivity contribution in [3.05, 3.63) is 53.9 Å². The largest absolute Gasteiger partial charge is 0.485 e. The number of esters is 1. The Balaban J connectivity index is 1.97. The van der Waals surface area contributed by atoms with Gasteiger partial charge in [-0.15, -0.1) is 0 Å². The molecule has 100 valence electrons. The van der Waals surface area contributed by atoms with Gasteiger partial charge in [-0.3, -0.25) is 4.79 Å². The molecule has 0 radical (unpaired) electrons. The van der Waals surface area contributed by atoms with Gasteiger partial charge in [0.15, 0.2) is 0 Å². The van der Waals surface area contributed by atoms with Crippen molar-refractivity contribution in [2.75, 3.05) is 7.11 Å². The lowest BCUT2D eigenvalue weighted by Crippen LogP contribution is -2.05. The van der Waals surface area contributed by atoms with E-state index in [2.05, 4.69) is 9.72 Å². The number of aromatic amines is 1. The van der Waals surface area contributed by atoms with Crippen LogP contribution in [-0.2, 0) is 16.0 Å². The van der Waals surface area contributed by atoms with Gasteiger partial charge >= 0.3 is 5.97 Å². The van der Waals surface area contributed by atoms with Crippen LogP contribution >= 0.6 is 0 Å². The summed E-state index contributed by atoms with van der Waals surface area (Å²) >= 11 is 0. The maximum atomic E-state index is 11.1. The molecule has 1 aromatic heterocycles. The lowest BCUT2D eigenvalue weighted by molar-refractivity contribution is -0.139. The van der Waals surface area contributed by atoms with Crippen LogP contribution in [0, 0.1) is 0 Å². The van der Waals surface area contributed by atoms with E-state index >= 15 is 0 Å². The number of nitrogens with one attached hydrogen (secondary N) is 1. The summed E-state index contributed by atoms with van der Waals surface area (Å²) in [7, 11) is 1.39. The van der Waals surface area contributed by atoms with Crippen molar-refractivity contribution in [3.8, 4) is 5.75 Å². The summed E-state index contributed by atoms with van der Waals surface area (Å²) in [4.78, 5) is 14.3. The lowest BCUT2D eigenvalue weighted by atomic mass is 10.1. The average Bonchev–Trinajstić information content (AvgIpc) is 2.95. The van der Waals surface area contributed by atoms with Gasteiger partial charge in [-0.2, -0.15) is 0 Å². The second-order valence-electron chi connectivity index (χ2n) is 4.28. The minimum absolute atomic E-state index is 0.0403. The fraction of sp³-hybridized carbons (Fsp3) is 0.267. The highest BCUT2D eigenvalue weighted by Gasteiger charge is 2.08. The smallest absolute Gasteiger partial charge is 0.309 e. The second-order valence-corrected chi connectivity index (χ2v) is 4.28. The van der Waals surface area contributed by atoms with E-state index in [1.165, 1.54) is 7.11 Å². The number of hydrogen-bond donors (Lipinski definition) is 1. The van der Waals surface area contributed by atoms with E-state index in [9.17, 15) is 4.79 Å². The summed E-state index contributed by atoms with van der Waals surface area (Å²) in [6.45, 7) is 1.98. The Hall–Kier alpha value is -2.23. The van der Waals surface area contributed by atoms with Crippen molar-refractivity contribution in [3.63, 3.8) is 0 Å². The second kappa shape index (κ2) is 6.09. The minimum atomic E-state index is -0.242. The van der Waals surface area contributed by atoms with Crippen LogP contribution in [0.1, 0.15) is 24.3 Å². The van der Waals surface area contributed by atoms with Gasteiger partial charge in [-0.05, 0) is 36.8 Å². The van der Waals surface area contributed by atoms with E-state index in [4.69, 9.17) is 4.74 Å². The highest BCUT2D eigenvalue weighted by atomic mass is 16.5. The van der Waals surface area contributed by atoms with Crippen molar-refractivity contribution in [2.24, 2.45) is 0 Å². The third-order valence-electron chi connectivity index (χ3n) is 2.87. The highest BCUT2D eigenvalue weighted by Crippen LogP contribution is 2.21. The zero-order valence-electron chi connectivity index (χ0n) is 11.1.